The van der Waals surface area contributed by atoms with Gasteiger partial charge in [-0.05, 0) is 47.5 Å². The van der Waals surface area contributed by atoms with E-state index in [-0.39, 0.29) is 0 Å². The minimum Gasteiger partial charge on any atom is -0.267 e. The Bertz CT molecular complexity index is 472. The lowest BCUT2D eigenvalue weighted by atomic mass is 9.93. The van der Waals surface area contributed by atoms with Gasteiger partial charge in [-0.1, -0.05) is 6.92 Å². The highest BCUT2D eigenvalue weighted by Gasteiger charge is 2.23. The van der Waals surface area contributed by atoms with Gasteiger partial charge in [0.25, 0.3) is 0 Å². The van der Waals surface area contributed by atoms with Crippen molar-refractivity contribution in [1.82, 2.24) is 14.9 Å². The largest absolute Gasteiger partial charge is 0.267 e. The van der Waals surface area contributed by atoms with Crippen LogP contribution in [0.25, 0.3) is 0 Å². The Morgan fingerprint density at radius 1 is 1.47 bits per heavy atom. The molecule has 2 heterocycles. The highest BCUT2D eigenvalue weighted by atomic mass is 79.9. The maximum absolute atomic E-state index is 13.0. The highest BCUT2D eigenvalue weighted by Crippen LogP contribution is 2.28. The average molecular weight is 329 g/mol. The number of hydrogen-bond donors (Lipinski definition) is 0. The van der Waals surface area contributed by atoms with Crippen LogP contribution < -0.4 is 0 Å². The molecule has 1 aliphatic rings. The highest BCUT2D eigenvalue weighted by molar-refractivity contribution is 9.10. The summed E-state index contributed by atoms with van der Waals surface area (Å²) in [6.07, 6.45) is 3.57. The van der Waals surface area contributed by atoms with Crippen LogP contribution in [0.1, 0.15) is 37.6 Å². The Labute approximate surface area is 121 Å². The number of halogens is 2. The fourth-order valence-electron chi connectivity index (χ4n) is 2.52. The van der Waals surface area contributed by atoms with Crippen LogP contribution in [0.3, 0.4) is 0 Å². The molecule has 1 aromatic rings. The quantitative estimate of drug-likeness (QED) is 0.798. The van der Waals surface area contributed by atoms with Gasteiger partial charge in [0.15, 0.2) is 5.69 Å². The van der Waals surface area contributed by atoms with Gasteiger partial charge in [-0.15, -0.1) is 9.60 Å². The van der Waals surface area contributed by atoms with Gasteiger partial charge in [-0.2, -0.15) is 10.4 Å². The summed E-state index contributed by atoms with van der Waals surface area (Å²) in [4.78, 5) is 0. The Hall–Kier alpha value is -0.930. The molecule has 6 heteroatoms. The Balaban J connectivity index is 2.14. The molecule has 104 valence electrons. The first-order valence-corrected chi connectivity index (χ1v) is 7.51. The number of hydrogen-bond acceptors (Lipinski definition) is 3. The number of nitriles is 1. The summed E-state index contributed by atoms with van der Waals surface area (Å²) in [5, 5.41) is 14.3. The predicted octanol–water partition coefficient (Wildman–Crippen LogP) is 3.07. The first-order valence-electron chi connectivity index (χ1n) is 6.71. The van der Waals surface area contributed by atoms with Crippen molar-refractivity contribution in [3.63, 3.8) is 0 Å². The van der Waals surface area contributed by atoms with Crippen molar-refractivity contribution in [3.8, 4) is 6.07 Å². The van der Waals surface area contributed by atoms with Crippen LogP contribution in [-0.2, 0) is 13.0 Å². The number of rotatable bonds is 4. The van der Waals surface area contributed by atoms with Gasteiger partial charge in [-0.25, -0.2) is 0 Å². The molecule has 1 fully saturated rings. The fraction of sp³-hybridized carbons (Fsp3) is 0.692. The van der Waals surface area contributed by atoms with Gasteiger partial charge in [0, 0.05) is 19.6 Å². The summed E-state index contributed by atoms with van der Waals surface area (Å²) in [5.41, 5.74) is 1.53. The lowest BCUT2D eigenvalue weighted by molar-refractivity contribution is -0.00878. The molecule has 0 atom stereocenters. The maximum Gasteiger partial charge on any atom is 0.176 e. The van der Waals surface area contributed by atoms with Crippen LogP contribution in [0.15, 0.2) is 4.47 Å². The predicted molar refractivity (Wildman–Crippen MR) is 74.0 cm³/mol. The lowest BCUT2D eigenvalue weighted by Gasteiger charge is -2.26. The van der Waals surface area contributed by atoms with E-state index in [1.165, 1.54) is 0 Å². The molecule has 0 saturated carbocycles. The summed E-state index contributed by atoms with van der Waals surface area (Å²) in [5.74, 6) is 0.474. The van der Waals surface area contributed by atoms with E-state index >= 15 is 0 Å². The first kappa shape index (κ1) is 14.5. The minimum absolute atomic E-state index is 0.450. The van der Waals surface area contributed by atoms with Gasteiger partial charge in [0.2, 0.25) is 0 Å². The second-order valence-corrected chi connectivity index (χ2v) is 5.79. The van der Waals surface area contributed by atoms with Crippen molar-refractivity contribution in [3.05, 3.63) is 15.9 Å². The zero-order valence-corrected chi connectivity index (χ0v) is 12.7. The van der Waals surface area contributed by atoms with E-state index in [4.69, 9.17) is 5.26 Å². The number of aryl methyl sites for hydroxylation is 1. The number of nitrogens with zero attached hydrogens (tertiary/aromatic N) is 4. The van der Waals surface area contributed by atoms with Crippen LogP contribution >= 0.6 is 15.9 Å². The number of piperidine rings is 1. The minimum atomic E-state index is 0.450. The summed E-state index contributed by atoms with van der Waals surface area (Å²) in [7, 11) is 0. The van der Waals surface area contributed by atoms with Crippen molar-refractivity contribution in [2.75, 3.05) is 13.1 Å². The third kappa shape index (κ3) is 3.34. The van der Waals surface area contributed by atoms with Crippen LogP contribution in [-0.4, -0.2) is 28.0 Å². The molecule has 0 spiro atoms. The van der Waals surface area contributed by atoms with E-state index in [1.54, 1.807) is 0 Å². The molecule has 0 radical (unpaired) electrons. The Morgan fingerprint density at radius 2 is 2.16 bits per heavy atom. The molecule has 1 aromatic heterocycles. The second kappa shape index (κ2) is 6.49. The monoisotopic (exact) mass is 328 g/mol. The molecule has 0 bridgehead atoms. The average Bonchev–Trinajstić information content (AvgIpc) is 2.70. The van der Waals surface area contributed by atoms with E-state index < -0.39 is 0 Å². The van der Waals surface area contributed by atoms with Crippen molar-refractivity contribution in [1.29, 1.82) is 5.26 Å². The summed E-state index contributed by atoms with van der Waals surface area (Å²) in [6, 6.07) is 2.11. The Morgan fingerprint density at radius 3 is 2.74 bits per heavy atom. The van der Waals surface area contributed by atoms with E-state index in [9.17, 15) is 4.48 Å². The molecule has 0 aliphatic carbocycles. The van der Waals surface area contributed by atoms with Crippen molar-refractivity contribution < 1.29 is 4.48 Å². The van der Waals surface area contributed by atoms with Gasteiger partial charge in [-0.3, -0.25) is 4.68 Å². The molecule has 2 rings (SSSR count). The molecule has 1 saturated heterocycles. The molecule has 0 amide bonds. The van der Waals surface area contributed by atoms with E-state index in [0.29, 0.717) is 24.7 Å². The molecule has 19 heavy (non-hydrogen) atoms. The van der Waals surface area contributed by atoms with Gasteiger partial charge in [0.05, 0.1) is 10.2 Å². The molecule has 0 unspecified atom stereocenters. The van der Waals surface area contributed by atoms with E-state index in [2.05, 4.69) is 34.0 Å². The van der Waals surface area contributed by atoms with E-state index in [0.717, 1.165) is 47.5 Å². The summed E-state index contributed by atoms with van der Waals surface area (Å²) < 4.78 is 15.7. The van der Waals surface area contributed by atoms with Crippen LogP contribution in [0.5, 0.6) is 0 Å². The summed E-state index contributed by atoms with van der Waals surface area (Å²) in [6.45, 7) is 3.93. The number of aromatic nitrogens is 2. The lowest BCUT2D eigenvalue weighted by Crippen LogP contribution is -2.28. The van der Waals surface area contributed by atoms with Crippen molar-refractivity contribution in [2.24, 2.45) is 5.92 Å². The Kier molecular flexibility index (Phi) is 4.94. The molecule has 4 nitrogen and oxygen atoms in total. The molecular weight excluding hydrogens is 311 g/mol. The maximum atomic E-state index is 13.0. The second-order valence-electron chi connectivity index (χ2n) is 5.00. The van der Waals surface area contributed by atoms with Crippen LogP contribution in [0.2, 0.25) is 0 Å². The molecule has 1 aliphatic heterocycles. The van der Waals surface area contributed by atoms with Gasteiger partial charge in [0.1, 0.15) is 6.07 Å². The molecular formula is C13H18BrFN4. The first-order chi connectivity index (χ1) is 9.15. The zero-order chi connectivity index (χ0) is 13.8. The van der Waals surface area contributed by atoms with Gasteiger partial charge < -0.3 is 0 Å². The van der Waals surface area contributed by atoms with Crippen molar-refractivity contribution in [2.45, 2.75) is 39.2 Å². The smallest absolute Gasteiger partial charge is 0.176 e. The zero-order valence-electron chi connectivity index (χ0n) is 11.1. The molecule has 0 aromatic carbocycles. The SMILES string of the molecule is CCCn1nc(C#N)c(Br)c1CC1CCN(F)CC1. The van der Waals surface area contributed by atoms with Gasteiger partial charge >= 0.3 is 0 Å². The third-order valence-electron chi connectivity index (χ3n) is 3.58. The topological polar surface area (TPSA) is 44.9 Å². The normalized spacial score (nSPS) is 17.6. The van der Waals surface area contributed by atoms with Crippen LogP contribution in [0, 0.1) is 17.2 Å². The fourth-order valence-corrected chi connectivity index (χ4v) is 3.05. The van der Waals surface area contributed by atoms with Crippen LogP contribution in [0.4, 0.5) is 4.48 Å². The van der Waals surface area contributed by atoms with Crippen molar-refractivity contribution >= 4 is 15.9 Å². The van der Waals surface area contributed by atoms with E-state index in [1.807, 2.05) is 4.68 Å². The summed E-state index contributed by atoms with van der Waals surface area (Å²) >= 11 is 3.48. The standard InChI is InChI=1S/C13H18BrFN4/c1-2-5-19-12(13(14)11(9-16)17-19)8-10-3-6-18(15)7-4-10/h10H,2-8H2,1H3. The molecule has 0 N–H and O–H groups in total. The third-order valence-corrected chi connectivity index (χ3v) is 4.41.